The lowest BCUT2D eigenvalue weighted by Gasteiger charge is -2.28. The Labute approximate surface area is 226 Å². The van der Waals surface area contributed by atoms with Crippen LogP contribution >= 0.6 is 0 Å². The molecule has 0 spiro atoms. The van der Waals surface area contributed by atoms with Crippen LogP contribution in [0.5, 0.6) is 0 Å². The molecular formula is C33H37FN4. The van der Waals surface area contributed by atoms with Gasteiger partial charge in [0.2, 0.25) is 0 Å². The number of fused-ring (bicyclic) bond motifs is 1. The van der Waals surface area contributed by atoms with Crippen molar-refractivity contribution in [1.29, 1.82) is 0 Å². The van der Waals surface area contributed by atoms with Crippen molar-refractivity contribution in [2.45, 2.75) is 47.2 Å². The highest BCUT2D eigenvalue weighted by Crippen LogP contribution is 2.35. The molecule has 2 aromatic carbocycles. The second kappa shape index (κ2) is 12.9. The van der Waals surface area contributed by atoms with E-state index in [0.29, 0.717) is 0 Å². The van der Waals surface area contributed by atoms with Gasteiger partial charge in [-0.3, -0.25) is 4.99 Å². The van der Waals surface area contributed by atoms with Crippen LogP contribution in [0.4, 0.5) is 10.2 Å². The summed E-state index contributed by atoms with van der Waals surface area (Å²) in [4.78, 5) is 8.77. The largest absolute Gasteiger partial charge is 0.343 e. The molecule has 0 amide bonds. The van der Waals surface area contributed by atoms with Gasteiger partial charge in [0.1, 0.15) is 11.6 Å². The maximum atomic E-state index is 13.6. The van der Waals surface area contributed by atoms with Crippen molar-refractivity contribution in [1.82, 2.24) is 10.3 Å². The molecule has 1 aliphatic heterocycles. The fraction of sp³-hybridized carbons (Fsp3) is 0.212. The van der Waals surface area contributed by atoms with Crippen molar-refractivity contribution in [2.24, 2.45) is 4.99 Å². The van der Waals surface area contributed by atoms with E-state index in [0.717, 1.165) is 58.0 Å². The molecule has 196 valence electrons. The average molecular weight is 509 g/mol. The molecule has 0 saturated carbocycles. The summed E-state index contributed by atoms with van der Waals surface area (Å²) in [5, 5.41) is 6.98. The highest BCUT2D eigenvalue weighted by Gasteiger charge is 2.21. The van der Waals surface area contributed by atoms with Crippen molar-refractivity contribution in [3.05, 3.63) is 131 Å². The second-order valence-electron chi connectivity index (χ2n) is 9.14. The number of aliphatic imine (C=N–C) groups is 1. The lowest BCUT2D eigenvalue weighted by atomic mass is 9.89. The summed E-state index contributed by atoms with van der Waals surface area (Å²) in [6.07, 6.45) is 6.52. The van der Waals surface area contributed by atoms with Gasteiger partial charge in [0, 0.05) is 29.7 Å². The van der Waals surface area contributed by atoms with Gasteiger partial charge in [-0.15, -0.1) is 0 Å². The van der Waals surface area contributed by atoms with Crippen molar-refractivity contribution >= 4 is 23.7 Å². The lowest BCUT2D eigenvalue weighted by Crippen LogP contribution is -2.38. The molecule has 0 aliphatic carbocycles. The normalized spacial score (nSPS) is 15.8. The summed E-state index contributed by atoms with van der Waals surface area (Å²) < 4.78 is 13.6. The Morgan fingerprint density at radius 2 is 1.82 bits per heavy atom. The first-order valence-corrected chi connectivity index (χ1v) is 12.4. The van der Waals surface area contributed by atoms with Crippen LogP contribution in [0.3, 0.4) is 0 Å². The van der Waals surface area contributed by atoms with E-state index in [9.17, 15) is 4.39 Å². The van der Waals surface area contributed by atoms with Gasteiger partial charge in [0.25, 0.3) is 0 Å². The van der Waals surface area contributed by atoms with Gasteiger partial charge in [0.15, 0.2) is 0 Å². The number of nitrogens with zero attached hydrogens (tertiary/aromatic N) is 2. The molecule has 3 aromatic rings. The highest BCUT2D eigenvalue weighted by molar-refractivity contribution is 5.99. The van der Waals surface area contributed by atoms with Crippen LogP contribution in [0.25, 0.3) is 11.1 Å². The third-order valence-corrected chi connectivity index (χ3v) is 6.76. The van der Waals surface area contributed by atoms with Gasteiger partial charge in [-0.25, -0.2) is 9.37 Å². The minimum absolute atomic E-state index is 0. The monoisotopic (exact) mass is 508 g/mol. The maximum Gasteiger partial charge on any atom is 0.130 e. The van der Waals surface area contributed by atoms with Crippen LogP contribution in [0.15, 0.2) is 102 Å². The lowest BCUT2D eigenvalue weighted by molar-refractivity contribution is 0.535. The van der Waals surface area contributed by atoms with E-state index in [1.54, 1.807) is 18.3 Å². The van der Waals surface area contributed by atoms with E-state index in [4.69, 9.17) is 4.98 Å². The van der Waals surface area contributed by atoms with Gasteiger partial charge in [-0.05, 0) is 97.7 Å². The van der Waals surface area contributed by atoms with Crippen molar-refractivity contribution in [3.8, 4) is 0 Å². The third-order valence-electron chi connectivity index (χ3n) is 6.76. The van der Waals surface area contributed by atoms with Gasteiger partial charge < -0.3 is 10.6 Å². The quantitative estimate of drug-likeness (QED) is 0.240. The Bertz CT molecular complexity index is 1400. The summed E-state index contributed by atoms with van der Waals surface area (Å²) in [5.74, 6) is 0.487. The number of allylic oxidation sites excluding steroid dienone is 5. The van der Waals surface area contributed by atoms with Crippen LogP contribution in [0.1, 0.15) is 49.2 Å². The molecule has 2 heterocycles. The predicted octanol–water partition coefficient (Wildman–Crippen LogP) is 7.90. The number of nitrogens with one attached hydrogen (secondary N) is 2. The number of rotatable bonds is 8. The zero-order chi connectivity index (χ0) is 26.4. The summed E-state index contributed by atoms with van der Waals surface area (Å²) >= 11 is 0. The number of anilines is 1. The SMILES string of the molecule is C.C=N\C=C/C(=C\C)C(=C(/C)c1ccc(F)cc1)/c1ccc(NC(=C)[C@@H]2Cc3ccccc3CN2)nc1C. The molecule has 0 bridgehead atoms. The van der Waals surface area contributed by atoms with Gasteiger partial charge >= 0.3 is 0 Å². The van der Waals surface area contributed by atoms with Gasteiger partial charge in [-0.2, -0.15) is 0 Å². The number of halogens is 1. The summed E-state index contributed by atoms with van der Waals surface area (Å²) in [5.41, 5.74) is 9.38. The van der Waals surface area contributed by atoms with E-state index in [1.165, 1.54) is 23.3 Å². The molecule has 4 rings (SSSR count). The van der Waals surface area contributed by atoms with Crippen molar-refractivity contribution in [2.75, 3.05) is 5.32 Å². The zero-order valence-electron chi connectivity index (χ0n) is 21.7. The molecule has 38 heavy (non-hydrogen) atoms. The molecule has 1 atom stereocenters. The number of benzene rings is 2. The first-order valence-electron chi connectivity index (χ1n) is 12.4. The molecule has 5 heteroatoms. The Kier molecular flexibility index (Phi) is 9.69. The van der Waals surface area contributed by atoms with E-state index in [1.807, 2.05) is 39.0 Å². The maximum absolute atomic E-state index is 13.6. The predicted molar refractivity (Wildman–Crippen MR) is 161 cm³/mol. The summed E-state index contributed by atoms with van der Waals surface area (Å²) in [6.45, 7) is 14.7. The van der Waals surface area contributed by atoms with E-state index in [-0.39, 0.29) is 19.3 Å². The highest BCUT2D eigenvalue weighted by atomic mass is 19.1. The standard InChI is InChI=1S/C32H33FN4.CH4/c1-6-24(17-18-34-5)32(21(2)25-11-13-28(33)14-12-25)29-15-16-31(36-22(29)3)37-23(4)30-19-26-9-7-8-10-27(26)20-35-30;/h6-18,30,35H,4-5,19-20H2,1-3H3,(H,36,37);1H4/b18-17-,24-6+,32-21+;/t30-;/m0./s1. The van der Waals surface area contributed by atoms with E-state index >= 15 is 0 Å². The number of hydrogen-bond donors (Lipinski definition) is 2. The van der Waals surface area contributed by atoms with Gasteiger partial charge in [0.05, 0.1) is 6.04 Å². The molecule has 0 saturated heterocycles. The van der Waals surface area contributed by atoms with Crippen molar-refractivity contribution in [3.63, 3.8) is 0 Å². The summed E-state index contributed by atoms with van der Waals surface area (Å²) in [6, 6.07) is 19.2. The average Bonchev–Trinajstić information content (AvgIpc) is 2.91. The second-order valence-corrected chi connectivity index (χ2v) is 9.14. The topological polar surface area (TPSA) is 49.3 Å². The van der Waals surface area contributed by atoms with Crippen LogP contribution in [0, 0.1) is 12.7 Å². The molecule has 2 N–H and O–H groups in total. The number of aromatic nitrogens is 1. The molecule has 1 aliphatic rings. The fourth-order valence-corrected chi connectivity index (χ4v) is 4.72. The number of aryl methyl sites for hydroxylation is 1. The molecular weight excluding hydrogens is 471 g/mol. The van der Waals surface area contributed by atoms with E-state index < -0.39 is 0 Å². The minimum Gasteiger partial charge on any atom is -0.343 e. The first-order chi connectivity index (χ1) is 17.9. The fourth-order valence-electron chi connectivity index (χ4n) is 4.72. The summed E-state index contributed by atoms with van der Waals surface area (Å²) in [7, 11) is 0. The third kappa shape index (κ3) is 6.42. The Morgan fingerprint density at radius 1 is 1.11 bits per heavy atom. The molecule has 0 unspecified atom stereocenters. The zero-order valence-corrected chi connectivity index (χ0v) is 21.7. The van der Waals surface area contributed by atoms with Crippen LogP contribution in [-0.2, 0) is 13.0 Å². The number of pyridine rings is 1. The Balaban J connectivity index is 0.00000400. The first kappa shape index (κ1) is 28.5. The van der Waals surface area contributed by atoms with Crippen LogP contribution in [-0.4, -0.2) is 17.7 Å². The van der Waals surface area contributed by atoms with Crippen LogP contribution < -0.4 is 10.6 Å². The minimum atomic E-state index is -0.260. The Morgan fingerprint density at radius 3 is 2.47 bits per heavy atom. The van der Waals surface area contributed by atoms with E-state index in [2.05, 4.69) is 59.3 Å². The molecule has 0 radical (unpaired) electrons. The number of hydrogen-bond acceptors (Lipinski definition) is 4. The van der Waals surface area contributed by atoms with Gasteiger partial charge in [-0.1, -0.05) is 56.5 Å². The van der Waals surface area contributed by atoms with Crippen LogP contribution in [0.2, 0.25) is 0 Å². The smallest absolute Gasteiger partial charge is 0.130 e. The van der Waals surface area contributed by atoms with Crippen molar-refractivity contribution < 1.29 is 4.39 Å². The molecule has 0 fully saturated rings. The molecule has 1 aromatic heterocycles. The Hall–Kier alpha value is -4.09. The molecule has 4 nitrogen and oxygen atoms in total.